The van der Waals surface area contributed by atoms with Gasteiger partial charge in [-0.2, -0.15) is 9.97 Å². The topological polar surface area (TPSA) is 221 Å². The molecule has 2 aliphatic rings. The van der Waals surface area contributed by atoms with E-state index in [-0.39, 0.29) is 36.4 Å². The van der Waals surface area contributed by atoms with E-state index in [1.807, 2.05) is 36.4 Å². The lowest BCUT2D eigenvalue weighted by Gasteiger charge is -2.44. The SMILES string of the molecule is CC(=O)Oc1ccn([C@H]2CC(OC(C)=O)[C@@H](C)O2)c(=O)n1.CC(=O)Oc1ccn([C@H]2CC(OC(C)=O)[C@@H](CO[Si](O[Si](C)(C)C)(O[Si](C)(C)C)C(c3ccccc3)c3ccccc3)O2)c(=O)n1. The highest BCUT2D eigenvalue weighted by atomic mass is 28.5. The molecule has 2 saturated heterocycles. The Hall–Kier alpha value is -5.47. The van der Waals surface area contributed by atoms with Gasteiger partial charge in [-0.25, -0.2) is 9.59 Å². The van der Waals surface area contributed by atoms with Gasteiger partial charge < -0.3 is 41.1 Å². The van der Waals surface area contributed by atoms with Crippen molar-refractivity contribution in [2.24, 2.45) is 0 Å². The molecule has 6 rings (SSSR count). The number of aromatic nitrogens is 4. The highest BCUT2D eigenvalue weighted by molar-refractivity contribution is 6.86. The van der Waals surface area contributed by atoms with Crippen LogP contribution in [0.3, 0.4) is 0 Å². The van der Waals surface area contributed by atoms with Crippen LogP contribution in [-0.4, -0.2) is 99.4 Å². The van der Waals surface area contributed by atoms with Gasteiger partial charge in [-0.3, -0.25) is 28.3 Å². The molecule has 19 nitrogen and oxygen atoms in total. The average molecular weight is 981 g/mol. The zero-order valence-electron chi connectivity index (χ0n) is 39.7. The molecule has 2 aliphatic heterocycles. The first kappa shape index (κ1) is 52.5. The highest BCUT2D eigenvalue weighted by Gasteiger charge is 2.56. The van der Waals surface area contributed by atoms with Crippen molar-refractivity contribution in [2.75, 3.05) is 6.61 Å². The molecule has 0 N–H and O–H groups in total. The number of nitrogens with zero attached hydrogens (tertiary/aromatic N) is 4. The Labute approximate surface area is 392 Å². The Morgan fingerprint density at radius 2 is 1.04 bits per heavy atom. The molecule has 2 unspecified atom stereocenters. The fourth-order valence-corrected chi connectivity index (χ4v) is 18.1. The van der Waals surface area contributed by atoms with E-state index < -0.39 is 91.5 Å². The van der Waals surface area contributed by atoms with Crippen molar-refractivity contribution in [1.29, 1.82) is 0 Å². The molecular weight excluding hydrogens is 921 g/mol. The first-order valence-electron chi connectivity index (χ1n) is 21.8. The zero-order chi connectivity index (χ0) is 49.3. The molecule has 0 amide bonds. The summed E-state index contributed by atoms with van der Waals surface area (Å²) in [4.78, 5) is 77.6. The van der Waals surface area contributed by atoms with E-state index in [2.05, 4.69) is 73.5 Å². The van der Waals surface area contributed by atoms with Gasteiger partial charge in [-0.05, 0) is 57.3 Å². The molecule has 0 spiro atoms. The molecular formula is C45H60N4O15Si3. The van der Waals surface area contributed by atoms with Crippen LogP contribution < -0.4 is 20.9 Å². The number of carbonyl (C=O) groups excluding carboxylic acids is 4. The normalized spacial score (nSPS) is 20.7. The van der Waals surface area contributed by atoms with E-state index in [4.69, 9.17) is 41.1 Å². The summed E-state index contributed by atoms with van der Waals surface area (Å²) in [7, 11) is -8.30. The van der Waals surface area contributed by atoms with Crippen molar-refractivity contribution in [3.63, 3.8) is 0 Å². The minimum Gasteiger partial charge on any atom is -0.460 e. The van der Waals surface area contributed by atoms with Crippen LogP contribution >= 0.6 is 0 Å². The fraction of sp³-hybridized carbons (Fsp3) is 0.467. The Morgan fingerprint density at radius 1 is 0.627 bits per heavy atom. The van der Waals surface area contributed by atoms with Crippen molar-refractivity contribution < 1.29 is 60.3 Å². The van der Waals surface area contributed by atoms with Crippen LogP contribution in [0.25, 0.3) is 0 Å². The summed E-state index contributed by atoms with van der Waals surface area (Å²) in [6.07, 6.45) is -0.173. The summed E-state index contributed by atoms with van der Waals surface area (Å²) in [6, 6.07) is 23.0. The number of hydrogen-bond donors (Lipinski definition) is 0. The molecule has 362 valence electrons. The van der Waals surface area contributed by atoms with Crippen LogP contribution in [0, 0.1) is 0 Å². The van der Waals surface area contributed by atoms with Gasteiger partial charge in [0.1, 0.15) is 30.8 Å². The number of esters is 4. The zero-order valence-corrected chi connectivity index (χ0v) is 42.7. The smallest absolute Gasteiger partial charge is 0.460 e. The van der Waals surface area contributed by atoms with E-state index in [0.29, 0.717) is 6.42 Å². The van der Waals surface area contributed by atoms with E-state index >= 15 is 0 Å². The summed E-state index contributed by atoms with van der Waals surface area (Å²) in [6.45, 7) is 19.5. The lowest BCUT2D eigenvalue weighted by molar-refractivity contribution is -0.150. The van der Waals surface area contributed by atoms with E-state index in [9.17, 15) is 28.8 Å². The third-order valence-corrected chi connectivity index (χ3v) is 19.0. The fourth-order valence-electron chi connectivity index (χ4n) is 7.54. The van der Waals surface area contributed by atoms with Crippen LogP contribution in [0.1, 0.15) is 76.6 Å². The highest BCUT2D eigenvalue weighted by Crippen LogP contribution is 2.41. The van der Waals surface area contributed by atoms with Crippen LogP contribution in [0.4, 0.5) is 0 Å². The number of ether oxygens (including phenoxy) is 6. The van der Waals surface area contributed by atoms with Gasteiger partial charge >= 0.3 is 44.1 Å². The van der Waals surface area contributed by atoms with E-state index in [0.717, 1.165) is 11.1 Å². The lowest BCUT2D eigenvalue weighted by atomic mass is 10.0. The molecule has 6 atom stereocenters. The maximum Gasteiger partial charge on any atom is 0.492 e. The van der Waals surface area contributed by atoms with Gasteiger partial charge in [-0.1, -0.05) is 60.7 Å². The Bertz CT molecular complexity index is 2410. The van der Waals surface area contributed by atoms with Gasteiger partial charge in [0.15, 0.2) is 16.6 Å². The van der Waals surface area contributed by atoms with Gasteiger partial charge in [0, 0.05) is 65.1 Å². The van der Waals surface area contributed by atoms with Crippen LogP contribution in [-0.2, 0) is 50.8 Å². The predicted molar refractivity (Wildman–Crippen MR) is 249 cm³/mol. The molecule has 22 heteroatoms. The van der Waals surface area contributed by atoms with Crippen LogP contribution in [0.5, 0.6) is 11.8 Å². The summed E-state index contributed by atoms with van der Waals surface area (Å²) in [5, 5.41) is 0. The molecule has 0 radical (unpaired) electrons. The minimum absolute atomic E-state index is 0.0144. The molecule has 0 saturated carbocycles. The number of hydrogen-bond acceptors (Lipinski definition) is 17. The predicted octanol–water partition coefficient (Wildman–Crippen LogP) is 5.83. The van der Waals surface area contributed by atoms with E-state index in [1.165, 1.54) is 61.4 Å². The van der Waals surface area contributed by atoms with Crippen molar-refractivity contribution >= 4 is 49.3 Å². The maximum atomic E-state index is 12.9. The minimum atomic E-state index is -3.68. The second-order valence-corrected chi connectivity index (χ2v) is 30.0. The van der Waals surface area contributed by atoms with Crippen molar-refractivity contribution in [2.45, 2.75) is 129 Å². The Kier molecular flexibility index (Phi) is 17.7. The molecule has 2 aromatic heterocycles. The van der Waals surface area contributed by atoms with Gasteiger partial charge in [0.25, 0.3) is 0 Å². The number of benzene rings is 2. The standard InChI is InChI=1S/C32H44N2O9Si3.C13H16N2O6/c1-23(35)39-27-21-30(34-20-19-29(33-32(34)37)40-24(2)36)41-28(27)22-38-46(42-44(3,4)5,43-45(6,7)8)31(25-15-11-9-12-16-25)26-17-13-10-14-18-26;1-7-10(20-8(2)16)6-12(19-7)15-5-4-11(14-13(15)18)21-9(3)17/h9-20,27-28,30-31H,21-22H2,1-8H3;4-5,7,10,12H,6H2,1-3H3/t27?,28-,30-;7-,10?,12-/m11/s1. The van der Waals surface area contributed by atoms with E-state index in [1.54, 1.807) is 6.92 Å². The molecule has 2 fully saturated rings. The summed E-state index contributed by atoms with van der Waals surface area (Å²) in [5.41, 5.74) is 0.383. The monoisotopic (exact) mass is 980 g/mol. The summed E-state index contributed by atoms with van der Waals surface area (Å²) >= 11 is 0. The second kappa shape index (κ2) is 22.6. The third kappa shape index (κ3) is 15.3. The molecule has 2 aromatic carbocycles. The largest absolute Gasteiger partial charge is 0.492 e. The second-order valence-electron chi connectivity index (χ2n) is 17.9. The summed E-state index contributed by atoms with van der Waals surface area (Å²) < 4.78 is 56.3. The lowest BCUT2D eigenvalue weighted by Crippen LogP contribution is -2.61. The van der Waals surface area contributed by atoms with Crippen molar-refractivity contribution in [3.8, 4) is 11.8 Å². The molecule has 0 aliphatic carbocycles. The van der Waals surface area contributed by atoms with Crippen molar-refractivity contribution in [1.82, 2.24) is 19.1 Å². The van der Waals surface area contributed by atoms with Gasteiger partial charge in [-0.15, -0.1) is 0 Å². The van der Waals surface area contributed by atoms with Gasteiger partial charge in [0.2, 0.25) is 11.8 Å². The first-order chi connectivity index (χ1) is 31.4. The number of carbonyl (C=O) groups is 4. The van der Waals surface area contributed by atoms with Crippen LogP contribution in [0.2, 0.25) is 39.3 Å². The van der Waals surface area contributed by atoms with Crippen LogP contribution in [0.15, 0.2) is 94.8 Å². The Morgan fingerprint density at radius 3 is 1.45 bits per heavy atom. The quantitative estimate of drug-likeness (QED) is 0.0953. The molecule has 67 heavy (non-hydrogen) atoms. The average Bonchev–Trinajstić information content (AvgIpc) is 3.77. The third-order valence-electron chi connectivity index (χ3n) is 9.84. The summed E-state index contributed by atoms with van der Waals surface area (Å²) in [5.74, 6) is -2.20. The molecule has 0 bridgehead atoms. The Balaban J connectivity index is 0.000000333. The van der Waals surface area contributed by atoms with Crippen molar-refractivity contribution in [3.05, 3.63) is 117 Å². The first-order valence-corrected chi connectivity index (χ1v) is 30.4. The molecule has 4 heterocycles. The molecule has 4 aromatic rings. The number of rotatable bonds is 16. The maximum absolute atomic E-state index is 12.9. The van der Waals surface area contributed by atoms with Gasteiger partial charge in [0.05, 0.1) is 18.3 Å².